The third-order valence-corrected chi connectivity index (χ3v) is 4.83. The Morgan fingerprint density at radius 3 is 2.31 bits per heavy atom. The van der Waals surface area contributed by atoms with Crippen LogP contribution in [0.15, 0.2) is 66.7 Å². The third-order valence-electron chi connectivity index (χ3n) is 4.51. The van der Waals surface area contributed by atoms with Crippen LogP contribution in [0, 0.1) is 15.9 Å². The summed E-state index contributed by atoms with van der Waals surface area (Å²) in [6.45, 7) is -0.877. The normalized spacial score (nSPS) is 10.2. The molecule has 0 heterocycles. The number of imide groups is 1. The second-order valence-electron chi connectivity index (χ2n) is 6.86. The molecule has 3 rings (SSSR count). The first-order chi connectivity index (χ1) is 16.7. The van der Waals surface area contributed by atoms with Gasteiger partial charge in [-0.05, 0) is 30.3 Å². The minimum atomic E-state index is -1.05. The molecule has 0 spiro atoms. The Balaban J connectivity index is 1.67. The van der Waals surface area contributed by atoms with Crippen molar-refractivity contribution in [2.45, 2.75) is 0 Å². The number of nitrogens with zero attached hydrogens (tertiary/aromatic N) is 1. The Kier molecular flexibility index (Phi) is 7.85. The molecule has 2 N–H and O–H groups in total. The molecule has 3 aromatic carbocycles. The fourth-order valence-electron chi connectivity index (χ4n) is 2.90. The van der Waals surface area contributed by atoms with Crippen molar-refractivity contribution in [3.63, 3.8) is 0 Å². The number of rotatable bonds is 7. The number of carbonyl (C=O) groups excluding carboxylic acids is 4. The van der Waals surface area contributed by atoms with E-state index in [-0.39, 0.29) is 27.4 Å². The van der Waals surface area contributed by atoms with E-state index in [1.807, 2.05) is 5.32 Å². The molecule has 178 valence electrons. The summed E-state index contributed by atoms with van der Waals surface area (Å²) in [6, 6.07) is 13.2. The molecule has 12 heteroatoms. The second kappa shape index (κ2) is 11.0. The van der Waals surface area contributed by atoms with Gasteiger partial charge >= 0.3 is 12.0 Å². The van der Waals surface area contributed by atoms with Crippen LogP contribution < -0.4 is 10.6 Å². The predicted octanol–water partition coefficient (Wildman–Crippen LogP) is 4.12. The largest absolute Gasteiger partial charge is 0.452 e. The minimum Gasteiger partial charge on any atom is -0.452 e. The number of para-hydroxylation sites is 1. The highest BCUT2D eigenvalue weighted by Gasteiger charge is 2.23. The van der Waals surface area contributed by atoms with Crippen LogP contribution in [0.4, 0.5) is 20.6 Å². The van der Waals surface area contributed by atoms with Gasteiger partial charge in [-0.3, -0.25) is 25.0 Å². The molecule has 0 fully saturated rings. The Morgan fingerprint density at radius 2 is 1.63 bits per heavy atom. The number of benzene rings is 3. The summed E-state index contributed by atoms with van der Waals surface area (Å²) < 4.78 is 18.5. The number of nitro groups is 1. The minimum absolute atomic E-state index is 0.0936. The number of hydrogen-bond donors (Lipinski definition) is 2. The Bertz CT molecular complexity index is 1350. The van der Waals surface area contributed by atoms with Gasteiger partial charge in [-0.15, -0.1) is 0 Å². The molecule has 0 radical (unpaired) electrons. The van der Waals surface area contributed by atoms with Gasteiger partial charge in [0.05, 0.1) is 16.2 Å². The highest BCUT2D eigenvalue weighted by molar-refractivity contribution is 6.33. The van der Waals surface area contributed by atoms with Crippen LogP contribution in [0.3, 0.4) is 0 Å². The van der Waals surface area contributed by atoms with E-state index in [2.05, 4.69) is 5.32 Å². The molecule has 3 aromatic rings. The number of nitrogens with one attached hydrogen (secondary N) is 2. The molecule has 0 unspecified atom stereocenters. The summed E-state index contributed by atoms with van der Waals surface area (Å²) in [5, 5.41) is 14.9. The number of esters is 1. The van der Waals surface area contributed by atoms with E-state index in [1.165, 1.54) is 54.6 Å². The number of halogens is 2. The van der Waals surface area contributed by atoms with Gasteiger partial charge in [-0.1, -0.05) is 41.9 Å². The van der Waals surface area contributed by atoms with Gasteiger partial charge in [0.25, 0.3) is 11.6 Å². The quantitative estimate of drug-likeness (QED) is 0.215. The lowest BCUT2D eigenvalue weighted by Crippen LogP contribution is -2.37. The van der Waals surface area contributed by atoms with Crippen LogP contribution >= 0.6 is 11.6 Å². The molecular weight excluding hydrogens is 485 g/mol. The molecule has 0 aliphatic heterocycles. The summed E-state index contributed by atoms with van der Waals surface area (Å²) in [5.74, 6) is -3.49. The van der Waals surface area contributed by atoms with E-state index in [9.17, 15) is 33.7 Å². The number of hydrogen-bond acceptors (Lipinski definition) is 7. The van der Waals surface area contributed by atoms with E-state index in [0.29, 0.717) is 0 Å². The molecule has 3 amide bonds. The Labute approximate surface area is 201 Å². The van der Waals surface area contributed by atoms with Crippen LogP contribution in [0.5, 0.6) is 0 Å². The maximum atomic E-state index is 13.6. The van der Waals surface area contributed by atoms with Crippen molar-refractivity contribution < 1.29 is 33.2 Å². The third kappa shape index (κ3) is 6.24. The van der Waals surface area contributed by atoms with Crippen molar-refractivity contribution in [2.75, 3.05) is 11.9 Å². The predicted molar refractivity (Wildman–Crippen MR) is 122 cm³/mol. The van der Waals surface area contributed by atoms with Gasteiger partial charge in [-0.2, -0.15) is 0 Å². The highest BCUT2D eigenvalue weighted by atomic mass is 35.5. The van der Waals surface area contributed by atoms with Crippen molar-refractivity contribution in [3.05, 3.63) is 104 Å². The number of nitro benzene ring substituents is 1. The van der Waals surface area contributed by atoms with Crippen LogP contribution in [0.2, 0.25) is 5.02 Å². The fourth-order valence-corrected chi connectivity index (χ4v) is 3.08. The van der Waals surface area contributed by atoms with Crippen LogP contribution in [-0.2, 0) is 9.53 Å². The number of ketones is 1. The lowest BCUT2D eigenvalue weighted by atomic mass is 9.98. The maximum Gasteiger partial charge on any atom is 0.339 e. The molecule has 0 aromatic heterocycles. The molecule has 0 atom stereocenters. The van der Waals surface area contributed by atoms with E-state index in [1.54, 1.807) is 0 Å². The average Bonchev–Trinajstić information content (AvgIpc) is 2.83. The summed E-state index contributed by atoms with van der Waals surface area (Å²) in [5.41, 5.74) is -1.08. The molecule has 0 aliphatic rings. The van der Waals surface area contributed by atoms with E-state index in [0.717, 1.165) is 12.1 Å². The first-order valence-electron chi connectivity index (χ1n) is 9.77. The van der Waals surface area contributed by atoms with E-state index in [4.69, 9.17) is 16.3 Å². The fraction of sp³-hybridized carbons (Fsp3) is 0.0435. The first kappa shape index (κ1) is 25.0. The zero-order valence-electron chi connectivity index (χ0n) is 17.6. The smallest absolute Gasteiger partial charge is 0.339 e. The molecule has 0 saturated heterocycles. The van der Waals surface area contributed by atoms with Gasteiger partial charge in [0.2, 0.25) is 0 Å². The maximum absolute atomic E-state index is 13.6. The Morgan fingerprint density at radius 1 is 0.971 bits per heavy atom. The molecule has 0 saturated carbocycles. The van der Waals surface area contributed by atoms with Gasteiger partial charge < -0.3 is 10.1 Å². The van der Waals surface area contributed by atoms with E-state index >= 15 is 0 Å². The summed E-state index contributed by atoms with van der Waals surface area (Å²) in [6.07, 6.45) is 0. The number of amides is 3. The molecule has 35 heavy (non-hydrogen) atoms. The van der Waals surface area contributed by atoms with Gasteiger partial charge in [0, 0.05) is 17.2 Å². The summed E-state index contributed by atoms with van der Waals surface area (Å²) in [7, 11) is 0. The Hall–Kier alpha value is -4.64. The summed E-state index contributed by atoms with van der Waals surface area (Å²) >= 11 is 5.77. The van der Waals surface area contributed by atoms with Crippen molar-refractivity contribution in [2.24, 2.45) is 0 Å². The van der Waals surface area contributed by atoms with E-state index < -0.39 is 46.7 Å². The zero-order chi connectivity index (χ0) is 25.5. The van der Waals surface area contributed by atoms with Crippen LogP contribution in [-0.4, -0.2) is 35.2 Å². The monoisotopic (exact) mass is 499 g/mol. The lowest BCUT2D eigenvalue weighted by molar-refractivity contribution is -0.384. The highest BCUT2D eigenvalue weighted by Crippen LogP contribution is 2.27. The topological polar surface area (TPSA) is 145 Å². The van der Waals surface area contributed by atoms with Crippen molar-refractivity contribution >= 4 is 46.7 Å². The van der Waals surface area contributed by atoms with Gasteiger partial charge in [0.15, 0.2) is 12.4 Å². The lowest BCUT2D eigenvalue weighted by Gasteiger charge is -2.10. The zero-order valence-corrected chi connectivity index (χ0v) is 18.4. The SMILES string of the molecule is O=C(COC(=O)c1ccccc1C(=O)c1ccc(Cl)c([N+](=O)[O-])c1)NC(=O)Nc1ccccc1F. The van der Waals surface area contributed by atoms with Crippen molar-refractivity contribution in [3.8, 4) is 0 Å². The van der Waals surface area contributed by atoms with Gasteiger partial charge in [0.1, 0.15) is 10.8 Å². The second-order valence-corrected chi connectivity index (χ2v) is 7.26. The first-order valence-corrected chi connectivity index (χ1v) is 10.2. The number of anilines is 1. The van der Waals surface area contributed by atoms with Crippen LogP contribution in [0.25, 0.3) is 0 Å². The van der Waals surface area contributed by atoms with Gasteiger partial charge in [-0.25, -0.2) is 14.0 Å². The average molecular weight is 500 g/mol. The molecule has 10 nitrogen and oxygen atoms in total. The molecule has 0 aliphatic carbocycles. The van der Waals surface area contributed by atoms with Crippen molar-refractivity contribution in [1.82, 2.24) is 5.32 Å². The number of carbonyl (C=O) groups is 4. The standard InChI is InChI=1S/C23H15ClFN3O7/c24-16-10-9-13(11-19(16)28(33)34)21(30)14-5-1-2-6-15(14)22(31)35-12-20(29)27-23(32)26-18-8-4-3-7-17(18)25/h1-11H,12H2,(H2,26,27,29,32). The number of urea groups is 1. The summed E-state index contributed by atoms with van der Waals surface area (Å²) in [4.78, 5) is 59.6. The number of ether oxygens (including phenoxy) is 1. The molecule has 0 bridgehead atoms. The molecular formula is C23H15ClFN3O7. The van der Waals surface area contributed by atoms with Crippen LogP contribution in [0.1, 0.15) is 26.3 Å². The van der Waals surface area contributed by atoms with Crippen molar-refractivity contribution in [1.29, 1.82) is 0 Å².